The third-order valence-electron chi connectivity index (χ3n) is 2.86. The molecule has 0 saturated carbocycles. The molecule has 20 heavy (non-hydrogen) atoms. The normalized spacial score (nSPS) is 10.6. The number of phenols is 2. The summed E-state index contributed by atoms with van der Waals surface area (Å²) < 4.78 is 0. The van der Waals surface area contributed by atoms with Crippen LogP contribution < -0.4 is 5.32 Å². The quantitative estimate of drug-likeness (QED) is 0.536. The molecule has 0 fully saturated rings. The molecule has 4 N–H and O–H groups in total. The minimum Gasteiger partial charge on any atom is -0.504 e. The highest BCUT2D eigenvalue weighted by Crippen LogP contribution is 2.25. The number of phenolic OH excluding ortho intramolecular Hbond substituents is 2. The number of carbonyl (C=O) groups is 1. The van der Waals surface area contributed by atoms with Gasteiger partial charge in [0.2, 0.25) is 5.95 Å². The number of H-pyrrole nitrogens is 1. The zero-order valence-corrected chi connectivity index (χ0v) is 10.3. The minimum absolute atomic E-state index is 0.223. The molecule has 0 saturated heterocycles. The number of anilines is 1. The first-order chi connectivity index (χ1) is 9.63. The third kappa shape index (κ3) is 2.14. The molecule has 1 aromatic heterocycles. The first kappa shape index (κ1) is 12.0. The van der Waals surface area contributed by atoms with Crippen LogP contribution in [0.1, 0.15) is 10.4 Å². The van der Waals surface area contributed by atoms with Crippen LogP contribution in [-0.4, -0.2) is 26.1 Å². The number of imidazole rings is 1. The predicted molar refractivity (Wildman–Crippen MR) is 73.8 cm³/mol. The van der Waals surface area contributed by atoms with Gasteiger partial charge in [0, 0.05) is 5.56 Å². The number of nitrogens with zero attached hydrogens (tertiary/aromatic N) is 1. The van der Waals surface area contributed by atoms with Crippen LogP contribution in [0.5, 0.6) is 11.5 Å². The van der Waals surface area contributed by atoms with E-state index in [0.717, 1.165) is 11.0 Å². The lowest BCUT2D eigenvalue weighted by molar-refractivity contribution is 0.102. The molecule has 0 aliphatic rings. The molecule has 100 valence electrons. The molecule has 0 radical (unpaired) electrons. The molecule has 2 aromatic carbocycles. The average molecular weight is 269 g/mol. The first-order valence-electron chi connectivity index (χ1n) is 5.91. The van der Waals surface area contributed by atoms with Gasteiger partial charge in [-0.15, -0.1) is 0 Å². The van der Waals surface area contributed by atoms with E-state index in [9.17, 15) is 15.0 Å². The number of carbonyl (C=O) groups excluding carboxylic acids is 1. The van der Waals surface area contributed by atoms with E-state index in [-0.39, 0.29) is 17.1 Å². The lowest BCUT2D eigenvalue weighted by Crippen LogP contribution is -2.12. The van der Waals surface area contributed by atoms with Gasteiger partial charge in [-0.1, -0.05) is 12.1 Å². The zero-order valence-electron chi connectivity index (χ0n) is 10.3. The van der Waals surface area contributed by atoms with Crippen LogP contribution >= 0.6 is 0 Å². The number of benzene rings is 2. The van der Waals surface area contributed by atoms with E-state index in [0.29, 0.717) is 5.95 Å². The third-order valence-corrected chi connectivity index (χ3v) is 2.86. The van der Waals surface area contributed by atoms with Crippen molar-refractivity contribution in [2.75, 3.05) is 5.32 Å². The van der Waals surface area contributed by atoms with Gasteiger partial charge in [-0.2, -0.15) is 0 Å². The number of rotatable bonds is 2. The van der Waals surface area contributed by atoms with E-state index >= 15 is 0 Å². The summed E-state index contributed by atoms with van der Waals surface area (Å²) in [6.45, 7) is 0. The van der Waals surface area contributed by atoms with Crippen molar-refractivity contribution in [2.45, 2.75) is 0 Å². The molecule has 3 rings (SSSR count). The molecule has 0 unspecified atom stereocenters. The summed E-state index contributed by atoms with van der Waals surface area (Å²) in [5.74, 6) is -0.726. The summed E-state index contributed by atoms with van der Waals surface area (Å²) in [6.07, 6.45) is 0. The Labute approximate surface area is 113 Å². The Morgan fingerprint density at radius 1 is 1.10 bits per heavy atom. The lowest BCUT2D eigenvalue weighted by atomic mass is 10.2. The van der Waals surface area contributed by atoms with E-state index in [4.69, 9.17) is 0 Å². The van der Waals surface area contributed by atoms with Crippen molar-refractivity contribution >= 4 is 22.9 Å². The average Bonchev–Trinajstić information content (AvgIpc) is 2.83. The number of amides is 1. The second-order valence-electron chi connectivity index (χ2n) is 4.26. The maximum absolute atomic E-state index is 12.0. The highest BCUT2D eigenvalue weighted by molar-refractivity contribution is 6.04. The molecule has 0 spiro atoms. The molecule has 0 aliphatic carbocycles. The van der Waals surface area contributed by atoms with Crippen LogP contribution in [0.25, 0.3) is 11.0 Å². The topological polar surface area (TPSA) is 98.2 Å². The molecule has 1 amide bonds. The number of fused-ring (bicyclic) bond motifs is 1. The number of nitrogens with one attached hydrogen (secondary N) is 2. The molecule has 0 aliphatic heterocycles. The van der Waals surface area contributed by atoms with Crippen molar-refractivity contribution < 1.29 is 15.0 Å². The van der Waals surface area contributed by atoms with E-state index in [1.165, 1.54) is 18.2 Å². The fourth-order valence-corrected chi connectivity index (χ4v) is 1.86. The maximum atomic E-state index is 12.0. The zero-order chi connectivity index (χ0) is 14.1. The van der Waals surface area contributed by atoms with Gasteiger partial charge in [0.1, 0.15) is 0 Å². The summed E-state index contributed by atoms with van der Waals surface area (Å²) >= 11 is 0. The Balaban J connectivity index is 1.86. The SMILES string of the molecule is O=C(Nc1nc2ccccc2[nH]1)c1ccc(O)c(O)c1. The molecule has 6 heteroatoms. The number of aromatic nitrogens is 2. The number of aromatic amines is 1. The highest BCUT2D eigenvalue weighted by atomic mass is 16.3. The Morgan fingerprint density at radius 2 is 1.90 bits per heavy atom. The molecule has 0 atom stereocenters. The Kier molecular flexibility index (Phi) is 2.76. The standard InChI is InChI=1S/C14H11N3O3/c18-11-6-5-8(7-12(11)19)13(20)17-14-15-9-3-1-2-4-10(9)16-14/h1-7,18-19H,(H2,15,16,17,20). The smallest absolute Gasteiger partial charge is 0.258 e. The first-order valence-corrected chi connectivity index (χ1v) is 5.91. The van der Waals surface area contributed by atoms with Gasteiger partial charge in [0.15, 0.2) is 11.5 Å². The fraction of sp³-hybridized carbons (Fsp3) is 0. The highest BCUT2D eigenvalue weighted by Gasteiger charge is 2.11. The minimum atomic E-state index is -0.431. The van der Waals surface area contributed by atoms with Gasteiger partial charge < -0.3 is 15.2 Å². The van der Waals surface area contributed by atoms with E-state index in [1.807, 2.05) is 24.3 Å². The van der Waals surface area contributed by atoms with Crippen LogP contribution in [0.4, 0.5) is 5.95 Å². The summed E-state index contributed by atoms with van der Waals surface area (Å²) in [5, 5.41) is 21.2. The molecule has 3 aromatic rings. The molecule has 6 nitrogen and oxygen atoms in total. The second-order valence-corrected chi connectivity index (χ2v) is 4.26. The number of hydrogen-bond acceptors (Lipinski definition) is 4. The van der Waals surface area contributed by atoms with Crippen LogP contribution in [0.2, 0.25) is 0 Å². The van der Waals surface area contributed by atoms with Crippen molar-refractivity contribution in [3.63, 3.8) is 0 Å². The van der Waals surface area contributed by atoms with Gasteiger partial charge in [-0.05, 0) is 30.3 Å². The van der Waals surface area contributed by atoms with Crippen LogP contribution in [0.15, 0.2) is 42.5 Å². The monoisotopic (exact) mass is 269 g/mol. The van der Waals surface area contributed by atoms with Crippen molar-refractivity contribution in [3.05, 3.63) is 48.0 Å². The van der Waals surface area contributed by atoms with Gasteiger partial charge in [-0.3, -0.25) is 10.1 Å². The van der Waals surface area contributed by atoms with Crippen molar-refractivity contribution in [1.29, 1.82) is 0 Å². The van der Waals surface area contributed by atoms with Crippen molar-refractivity contribution in [2.24, 2.45) is 0 Å². The summed E-state index contributed by atoms with van der Waals surface area (Å²) in [7, 11) is 0. The largest absolute Gasteiger partial charge is 0.504 e. The van der Waals surface area contributed by atoms with Crippen molar-refractivity contribution in [3.8, 4) is 11.5 Å². The summed E-state index contributed by atoms with van der Waals surface area (Å²) in [6, 6.07) is 11.2. The number of para-hydroxylation sites is 2. The Morgan fingerprint density at radius 3 is 2.65 bits per heavy atom. The van der Waals surface area contributed by atoms with Crippen molar-refractivity contribution in [1.82, 2.24) is 9.97 Å². The Bertz CT molecular complexity index is 762. The molecule has 0 bridgehead atoms. The van der Waals surface area contributed by atoms with Crippen LogP contribution in [0, 0.1) is 0 Å². The van der Waals surface area contributed by atoms with Gasteiger partial charge in [0.25, 0.3) is 5.91 Å². The predicted octanol–water partition coefficient (Wildman–Crippen LogP) is 2.23. The van der Waals surface area contributed by atoms with Crippen LogP contribution in [0.3, 0.4) is 0 Å². The van der Waals surface area contributed by atoms with Crippen LogP contribution in [-0.2, 0) is 0 Å². The summed E-state index contributed by atoms with van der Waals surface area (Å²) in [4.78, 5) is 19.2. The van der Waals surface area contributed by atoms with Gasteiger partial charge in [-0.25, -0.2) is 4.98 Å². The van der Waals surface area contributed by atoms with E-state index < -0.39 is 5.91 Å². The fourth-order valence-electron chi connectivity index (χ4n) is 1.86. The maximum Gasteiger partial charge on any atom is 0.258 e. The second kappa shape index (κ2) is 4.58. The van der Waals surface area contributed by atoms with Gasteiger partial charge >= 0.3 is 0 Å². The molecule has 1 heterocycles. The van der Waals surface area contributed by atoms with Gasteiger partial charge in [0.05, 0.1) is 11.0 Å². The van der Waals surface area contributed by atoms with E-state index in [2.05, 4.69) is 15.3 Å². The lowest BCUT2D eigenvalue weighted by Gasteiger charge is -2.03. The number of hydrogen-bond donors (Lipinski definition) is 4. The number of aromatic hydroxyl groups is 2. The Hall–Kier alpha value is -3.02. The molecular weight excluding hydrogens is 258 g/mol. The summed E-state index contributed by atoms with van der Waals surface area (Å²) in [5.41, 5.74) is 1.79. The molecular formula is C14H11N3O3. The van der Waals surface area contributed by atoms with E-state index in [1.54, 1.807) is 0 Å².